The molecule has 0 saturated heterocycles. The minimum absolute atomic E-state index is 0.503. The van der Waals surface area contributed by atoms with Crippen LogP contribution in [0.2, 0.25) is 0 Å². The Bertz CT molecular complexity index is 523. The molecular weight excluding hydrogens is 240 g/mol. The van der Waals surface area contributed by atoms with Gasteiger partial charge in [-0.15, -0.1) is 0 Å². The molecule has 3 heteroatoms. The van der Waals surface area contributed by atoms with Gasteiger partial charge in [-0.25, -0.2) is 0 Å². The SMILES string of the molecule is COC(C=O)c1cccc(OCc2ccccc2)c1. The molecule has 3 nitrogen and oxygen atoms in total. The smallest absolute Gasteiger partial charge is 0.153 e. The molecule has 98 valence electrons. The average molecular weight is 256 g/mol. The minimum atomic E-state index is -0.541. The second-order valence-corrected chi connectivity index (χ2v) is 4.14. The molecule has 2 rings (SSSR count). The molecule has 2 aromatic rings. The van der Waals surface area contributed by atoms with Gasteiger partial charge in [0.05, 0.1) is 0 Å². The maximum Gasteiger partial charge on any atom is 0.153 e. The van der Waals surface area contributed by atoms with Crippen LogP contribution in [-0.4, -0.2) is 13.4 Å². The summed E-state index contributed by atoms with van der Waals surface area (Å²) in [5.74, 6) is 0.727. The van der Waals surface area contributed by atoms with Crippen LogP contribution in [0.15, 0.2) is 54.6 Å². The highest BCUT2D eigenvalue weighted by atomic mass is 16.5. The Hall–Kier alpha value is -2.13. The summed E-state index contributed by atoms with van der Waals surface area (Å²) < 4.78 is 10.8. The molecule has 0 bridgehead atoms. The lowest BCUT2D eigenvalue weighted by molar-refractivity contribution is -0.116. The number of benzene rings is 2. The number of carbonyl (C=O) groups is 1. The van der Waals surface area contributed by atoms with Crippen molar-refractivity contribution in [2.45, 2.75) is 12.7 Å². The lowest BCUT2D eigenvalue weighted by atomic mass is 10.1. The molecule has 0 heterocycles. The molecule has 0 fully saturated rings. The Labute approximate surface area is 112 Å². The summed E-state index contributed by atoms with van der Waals surface area (Å²) in [5.41, 5.74) is 1.90. The van der Waals surface area contributed by atoms with Crippen LogP contribution in [0.5, 0.6) is 5.75 Å². The van der Waals surface area contributed by atoms with Crippen LogP contribution >= 0.6 is 0 Å². The Kier molecular flexibility index (Phi) is 4.70. The van der Waals surface area contributed by atoms with Crippen molar-refractivity contribution in [1.82, 2.24) is 0 Å². The van der Waals surface area contributed by atoms with E-state index in [1.54, 1.807) is 0 Å². The fourth-order valence-electron chi connectivity index (χ4n) is 1.79. The van der Waals surface area contributed by atoms with E-state index >= 15 is 0 Å². The number of hydrogen-bond acceptors (Lipinski definition) is 3. The molecule has 0 aliphatic carbocycles. The van der Waals surface area contributed by atoms with Gasteiger partial charge in [-0.3, -0.25) is 0 Å². The summed E-state index contributed by atoms with van der Waals surface area (Å²) in [6, 6.07) is 17.3. The molecule has 0 saturated carbocycles. The molecule has 1 atom stereocenters. The Balaban J connectivity index is 2.05. The van der Waals surface area contributed by atoms with E-state index in [-0.39, 0.29) is 0 Å². The van der Waals surface area contributed by atoms with Crippen LogP contribution in [0, 0.1) is 0 Å². The van der Waals surface area contributed by atoms with Crippen LogP contribution < -0.4 is 4.74 Å². The summed E-state index contributed by atoms with van der Waals surface area (Å²) in [6.07, 6.45) is 0.233. The van der Waals surface area contributed by atoms with Crippen molar-refractivity contribution in [3.05, 3.63) is 65.7 Å². The van der Waals surface area contributed by atoms with E-state index in [0.29, 0.717) is 6.61 Å². The molecule has 0 N–H and O–H groups in total. The van der Waals surface area contributed by atoms with Gasteiger partial charge in [-0.2, -0.15) is 0 Å². The van der Waals surface area contributed by atoms with Gasteiger partial charge in [-0.1, -0.05) is 42.5 Å². The molecule has 0 radical (unpaired) electrons. The van der Waals surface area contributed by atoms with E-state index in [4.69, 9.17) is 9.47 Å². The maximum absolute atomic E-state index is 10.9. The number of methoxy groups -OCH3 is 1. The van der Waals surface area contributed by atoms with Gasteiger partial charge in [0.2, 0.25) is 0 Å². The Morgan fingerprint density at radius 2 is 1.89 bits per heavy atom. The van der Waals surface area contributed by atoms with E-state index in [0.717, 1.165) is 23.2 Å². The van der Waals surface area contributed by atoms with Crippen molar-refractivity contribution in [1.29, 1.82) is 0 Å². The molecule has 1 unspecified atom stereocenters. The number of carbonyl (C=O) groups excluding carboxylic acids is 1. The van der Waals surface area contributed by atoms with Crippen molar-refractivity contribution in [2.75, 3.05) is 7.11 Å². The first-order valence-corrected chi connectivity index (χ1v) is 6.08. The first kappa shape index (κ1) is 13.3. The second kappa shape index (κ2) is 6.71. The topological polar surface area (TPSA) is 35.5 Å². The number of aldehydes is 1. The summed E-state index contributed by atoms with van der Waals surface area (Å²) in [4.78, 5) is 10.9. The van der Waals surface area contributed by atoms with Gasteiger partial charge < -0.3 is 14.3 Å². The minimum Gasteiger partial charge on any atom is -0.489 e. The van der Waals surface area contributed by atoms with Crippen molar-refractivity contribution < 1.29 is 14.3 Å². The highest BCUT2D eigenvalue weighted by Crippen LogP contribution is 2.21. The highest BCUT2D eigenvalue weighted by Gasteiger charge is 2.09. The van der Waals surface area contributed by atoms with Gasteiger partial charge >= 0.3 is 0 Å². The van der Waals surface area contributed by atoms with Gasteiger partial charge in [-0.05, 0) is 23.3 Å². The zero-order chi connectivity index (χ0) is 13.5. The van der Waals surface area contributed by atoms with E-state index in [2.05, 4.69) is 0 Å². The number of rotatable bonds is 6. The Morgan fingerprint density at radius 1 is 1.11 bits per heavy atom. The van der Waals surface area contributed by atoms with Crippen LogP contribution in [0.25, 0.3) is 0 Å². The van der Waals surface area contributed by atoms with Gasteiger partial charge in [0, 0.05) is 7.11 Å². The van der Waals surface area contributed by atoms with Crippen LogP contribution in [0.3, 0.4) is 0 Å². The van der Waals surface area contributed by atoms with Crippen molar-refractivity contribution >= 4 is 6.29 Å². The fourth-order valence-corrected chi connectivity index (χ4v) is 1.79. The van der Waals surface area contributed by atoms with E-state index in [9.17, 15) is 4.79 Å². The molecule has 0 aromatic heterocycles. The summed E-state index contributed by atoms with van der Waals surface area (Å²) in [5, 5.41) is 0. The lowest BCUT2D eigenvalue weighted by Crippen LogP contribution is -2.03. The average Bonchev–Trinajstić information content (AvgIpc) is 2.48. The van der Waals surface area contributed by atoms with Gasteiger partial charge in [0.15, 0.2) is 6.29 Å². The van der Waals surface area contributed by atoms with Crippen LogP contribution in [0.4, 0.5) is 0 Å². The zero-order valence-corrected chi connectivity index (χ0v) is 10.8. The van der Waals surface area contributed by atoms with Crippen LogP contribution in [0.1, 0.15) is 17.2 Å². The molecular formula is C16H16O3. The molecule has 2 aromatic carbocycles. The third-order valence-corrected chi connectivity index (χ3v) is 2.81. The quantitative estimate of drug-likeness (QED) is 0.745. The fraction of sp³-hybridized carbons (Fsp3) is 0.188. The third-order valence-electron chi connectivity index (χ3n) is 2.81. The summed E-state index contributed by atoms with van der Waals surface area (Å²) >= 11 is 0. The van der Waals surface area contributed by atoms with Gasteiger partial charge in [0.1, 0.15) is 18.5 Å². The third kappa shape index (κ3) is 3.66. The zero-order valence-electron chi connectivity index (χ0n) is 10.8. The largest absolute Gasteiger partial charge is 0.489 e. The van der Waals surface area contributed by atoms with E-state index in [1.807, 2.05) is 54.6 Å². The van der Waals surface area contributed by atoms with Crippen molar-refractivity contribution in [3.8, 4) is 5.75 Å². The molecule has 0 amide bonds. The standard InChI is InChI=1S/C16H16O3/c1-18-16(11-17)14-8-5-9-15(10-14)19-12-13-6-3-2-4-7-13/h2-11,16H,12H2,1H3. The molecule has 0 spiro atoms. The maximum atomic E-state index is 10.9. The van der Waals surface area contributed by atoms with Crippen LogP contribution in [-0.2, 0) is 16.1 Å². The first-order valence-electron chi connectivity index (χ1n) is 6.08. The first-order chi connectivity index (χ1) is 9.33. The second-order valence-electron chi connectivity index (χ2n) is 4.14. The summed E-state index contributed by atoms with van der Waals surface area (Å²) in [7, 11) is 1.51. The highest BCUT2D eigenvalue weighted by molar-refractivity contribution is 5.60. The monoisotopic (exact) mass is 256 g/mol. The molecule has 0 aliphatic heterocycles. The normalized spacial score (nSPS) is 11.8. The lowest BCUT2D eigenvalue weighted by Gasteiger charge is -2.11. The van der Waals surface area contributed by atoms with E-state index in [1.165, 1.54) is 7.11 Å². The predicted octanol–water partition coefficient (Wildman–Crippen LogP) is 3.15. The van der Waals surface area contributed by atoms with Gasteiger partial charge in [0.25, 0.3) is 0 Å². The van der Waals surface area contributed by atoms with Crippen molar-refractivity contribution in [2.24, 2.45) is 0 Å². The number of hydrogen-bond donors (Lipinski definition) is 0. The van der Waals surface area contributed by atoms with E-state index < -0.39 is 6.10 Å². The van der Waals surface area contributed by atoms with Crippen molar-refractivity contribution in [3.63, 3.8) is 0 Å². The Morgan fingerprint density at radius 3 is 2.58 bits per heavy atom. The summed E-state index contributed by atoms with van der Waals surface area (Å²) in [6.45, 7) is 0.503. The molecule has 0 aliphatic rings. The molecule has 19 heavy (non-hydrogen) atoms. The predicted molar refractivity (Wildman–Crippen MR) is 73.0 cm³/mol. The number of ether oxygens (including phenoxy) is 2.